The second-order valence-electron chi connectivity index (χ2n) is 2.38. The van der Waals surface area contributed by atoms with Gasteiger partial charge in [0.05, 0.1) is 6.10 Å². The van der Waals surface area contributed by atoms with E-state index >= 15 is 0 Å². The molecule has 0 radical (unpaired) electrons. The standard InChI is InChI=1S/C6H12INO4/c1-2-3-5(9)6(4-7)12-8(10)11/h5-6,9H,2-4H2,1H3. The molecule has 5 nitrogen and oxygen atoms in total. The molecule has 0 amide bonds. The molecule has 6 heteroatoms. The fourth-order valence-corrected chi connectivity index (χ4v) is 1.54. The second kappa shape index (κ2) is 6.41. The van der Waals surface area contributed by atoms with Crippen LogP contribution < -0.4 is 0 Å². The Morgan fingerprint density at radius 2 is 2.33 bits per heavy atom. The maximum Gasteiger partial charge on any atom is 0.294 e. The van der Waals surface area contributed by atoms with Gasteiger partial charge in [-0.2, -0.15) is 0 Å². The van der Waals surface area contributed by atoms with E-state index in [1.165, 1.54) is 0 Å². The van der Waals surface area contributed by atoms with E-state index in [1.807, 2.05) is 29.5 Å². The summed E-state index contributed by atoms with van der Waals surface area (Å²) in [6.45, 7) is 1.90. The summed E-state index contributed by atoms with van der Waals surface area (Å²) >= 11 is 1.95. The van der Waals surface area contributed by atoms with Crippen molar-refractivity contribution in [3.05, 3.63) is 10.1 Å². The van der Waals surface area contributed by atoms with Crippen LogP contribution in [0.5, 0.6) is 0 Å². The third-order valence-electron chi connectivity index (χ3n) is 1.39. The average molecular weight is 289 g/mol. The third kappa shape index (κ3) is 4.70. The number of halogens is 1. The van der Waals surface area contributed by atoms with E-state index in [-0.39, 0.29) is 0 Å². The van der Waals surface area contributed by atoms with Crippen LogP contribution >= 0.6 is 22.6 Å². The van der Waals surface area contributed by atoms with Crippen molar-refractivity contribution in [2.75, 3.05) is 4.43 Å². The summed E-state index contributed by atoms with van der Waals surface area (Å²) in [5.41, 5.74) is 0. The molecule has 0 bridgehead atoms. The summed E-state index contributed by atoms with van der Waals surface area (Å²) < 4.78 is 0.417. The molecule has 0 heterocycles. The van der Waals surface area contributed by atoms with Gasteiger partial charge in [0.2, 0.25) is 0 Å². The number of aliphatic hydroxyl groups is 1. The van der Waals surface area contributed by atoms with Gasteiger partial charge < -0.3 is 9.94 Å². The first-order valence-electron chi connectivity index (χ1n) is 3.67. The van der Waals surface area contributed by atoms with Crippen LogP contribution in [0.15, 0.2) is 0 Å². The zero-order chi connectivity index (χ0) is 9.56. The molecule has 0 saturated heterocycles. The molecule has 0 aliphatic rings. The summed E-state index contributed by atoms with van der Waals surface area (Å²) in [5.74, 6) is 0. The smallest absolute Gasteiger partial charge is 0.294 e. The maximum atomic E-state index is 9.95. The van der Waals surface area contributed by atoms with E-state index in [2.05, 4.69) is 4.84 Å². The Kier molecular flexibility index (Phi) is 6.35. The predicted molar refractivity (Wildman–Crippen MR) is 51.7 cm³/mol. The summed E-state index contributed by atoms with van der Waals surface area (Å²) in [4.78, 5) is 14.2. The van der Waals surface area contributed by atoms with Crippen LogP contribution in [0.3, 0.4) is 0 Å². The molecule has 12 heavy (non-hydrogen) atoms. The molecule has 0 aromatic carbocycles. The maximum absolute atomic E-state index is 9.95. The number of rotatable bonds is 6. The van der Waals surface area contributed by atoms with Crippen LogP contribution in [0, 0.1) is 10.1 Å². The Hall–Kier alpha value is -0.110. The number of hydrogen-bond acceptors (Lipinski definition) is 4. The van der Waals surface area contributed by atoms with Gasteiger partial charge >= 0.3 is 0 Å². The quantitative estimate of drug-likeness (QED) is 0.345. The minimum atomic E-state index is -0.859. The lowest BCUT2D eigenvalue weighted by molar-refractivity contribution is -0.769. The fourth-order valence-electron chi connectivity index (χ4n) is 0.793. The van der Waals surface area contributed by atoms with E-state index in [9.17, 15) is 15.2 Å². The molecule has 0 saturated carbocycles. The van der Waals surface area contributed by atoms with Crippen molar-refractivity contribution in [2.45, 2.75) is 32.0 Å². The highest BCUT2D eigenvalue weighted by molar-refractivity contribution is 14.1. The first-order valence-corrected chi connectivity index (χ1v) is 5.19. The Balaban J connectivity index is 3.86. The van der Waals surface area contributed by atoms with E-state index < -0.39 is 17.3 Å². The number of hydrogen-bond donors (Lipinski definition) is 1. The third-order valence-corrected chi connectivity index (χ3v) is 2.26. The van der Waals surface area contributed by atoms with Crippen molar-refractivity contribution < 1.29 is 15.0 Å². The molecular formula is C6H12INO4. The average Bonchev–Trinajstić information content (AvgIpc) is 2.00. The van der Waals surface area contributed by atoms with Crippen molar-refractivity contribution in [1.82, 2.24) is 0 Å². The van der Waals surface area contributed by atoms with Gasteiger partial charge in [-0.15, -0.1) is 10.1 Å². The van der Waals surface area contributed by atoms with Crippen LogP contribution in [0.4, 0.5) is 0 Å². The zero-order valence-corrected chi connectivity index (χ0v) is 8.93. The van der Waals surface area contributed by atoms with Crippen LogP contribution in [-0.4, -0.2) is 26.8 Å². The molecule has 2 atom stereocenters. The largest absolute Gasteiger partial charge is 0.391 e. The van der Waals surface area contributed by atoms with Gasteiger partial charge in [0.25, 0.3) is 5.09 Å². The summed E-state index contributed by atoms with van der Waals surface area (Å²) in [6, 6.07) is 0. The van der Waals surface area contributed by atoms with Crippen LogP contribution in [0.25, 0.3) is 0 Å². The second-order valence-corrected chi connectivity index (χ2v) is 3.26. The lowest BCUT2D eigenvalue weighted by Crippen LogP contribution is -2.32. The Labute approximate surface area is 84.3 Å². The minimum Gasteiger partial charge on any atom is -0.391 e. The van der Waals surface area contributed by atoms with Crippen molar-refractivity contribution >= 4 is 22.6 Å². The van der Waals surface area contributed by atoms with E-state index in [1.54, 1.807) is 0 Å². The number of nitrogens with zero attached hydrogens (tertiary/aromatic N) is 1. The molecule has 72 valence electrons. The molecule has 2 unspecified atom stereocenters. The first-order chi connectivity index (χ1) is 5.61. The van der Waals surface area contributed by atoms with Gasteiger partial charge in [-0.1, -0.05) is 35.9 Å². The highest BCUT2D eigenvalue weighted by Crippen LogP contribution is 2.09. The summed E-state index contributed by atoms with van der Waals surface area (Å²) in [7, 11) is 0. The van der Waals surface area contributed by atoms with Gasteiger partial charge in [-0.25, -0.2) is 0 Å². The van der Waals surface area contributed by atoms with Gasteiger partial charge in [0.15, 0.2) is 0 Å². The van der Waals surface area contributed by atoms with Crippen molar-refractivity contribution in [2.24, 2.45) is 0 Å². The Morgan fingerprint density at radius 1 is 1.75 bits per heavy atom. The van der Waals surface area contributed by atoms with Crippen molar-refractivity contribution in [3.63, 3.8) is 0 Å². The predicted octanol–water partition coefficient (Wildman–Crippen LogP) is 1.16. The Bertz CT molecular complexity index is 144. The van der Waals surface area contributed by atoms with E-state index in [0.717, 1.165) is 6.42 Å². The Morgan fingerprint density at radius 3 is 2.67 bits per heavy atom. The molecule has 0 aromatic heterocycles. The summed E-state index contributed by atoms with van der Waals surface area (Å²) in [5, 5.41) is 18.4. The number of alkyl halides is 1. The molecular weight excluding hydrogens is 277 g/mol. The van der Waals surface area contributed by atoms with Crippen LogP contribution in [0.2, 0.25) is 0 Å². The molecule has 0 rings (SSSR count). The van der Waals surface area contributed by atoms with Gasteiger partial charge in [-0.3, -0.25) is 0 Å². The highest BCUT2D eigenvalue weighted by Gasteiger charge is 2.20. The molecule has 0 fully saturated rings. The molecule has 1 N–H and O–H groups in total. The van der Waals surface area contributed by atoms with Gasteiger partial charge in [-0.05, 0) is 6.42 Å². The topological polar surface area (TPSA) is 72.6 Å². The molecule has 0 spiro atoms. The number of aliphatic hydroxyl groups excluding tert-OH is 1. The highest BCUT2D eigenvalue weighted by atomic mass is 127. The molecule has 0 aromatic rings. The minimum absolute atomic E-state index is 0.417. The monoisotopic (exact) mass is 289 g/mol. The summed E-state index contributed by atoms with van der Waals surface area (Å²) in [6.07, 6.45) is -0.116. The van der Waals surface area contributed by atoms with Crippen LogP contribution in [-0.2, 0) is 4.84 Å². The SMILES string of the molecule is CCCC(O)C(CI)O[N+](=O)[O-]. The van der Waals surface area contributed by atoms with Crippen molar-refractivity contribution in [1.29, 1.82) is 0 Å². The van der Waals surface area contributed by atoms with Gasteiger partial charge in [0.1, 0.15) is 6.10 Å². The first kappa shape index (κ1) is 11.9. The van der Waals surface area contributed by atoms with Crippen molar-refractivity contribution in [3.8, 4) is 0 Å². The fraction of sp³-hybridized carbons (Fsp3) is 1.00. The lowest BCUT2D eigenvalue weighted by Gasteiger charge is -2.17. The normalized spacial score (nSPS) is 15.2. The lowest BCUT2D eigenvalue weighted by atomic mass is 10.1. The van der Waals surface area contributed by atoms with E-state index in [4.69, 9.17) is 0 Å². The molecule has 0 aliphatic carbocycles. The van der Waals surface area contributed by atoms with E-state index in [0.29, 0.717) is 10.8 Å². The van der Waals surface area contributed by atoms with Gasteiger partial charge in [0, 0.05) is 4.43 Å². The van der Waals surface area contributed by atoms with Crippen LogP contribution in [0.1, 0.15) is 19.8 Å². The zero-order valence-electron chi connectivity index (χ0n) is 6.77. The molecule has 0 aliphatic heterocycles.